The summed E-state index contributed by atoms with van der Waals surface area (Å²) in [4.78, 5) is 18.6. The van der Waals surface area contributed by atoms with E-state index in [4.69, 9.17) is 33.7 Å². The van der Waals surface area contributed by atoms with Crippen LogP contribution in [0.4, 0.5) is 4.79 Å². The average molecular weight is 481 g/mol. The zero-order valence-corrected chi connectivity index (χ0v) is 20.0. The van der Waals surface area contributed by atoms with E-state index >= 15 is 0 Å². The van der Waals surface area contributed by atoms with Gasteiger partial charge in [0, 0.05) is 46.0 Å². The third-order valence-corrected chi connectivity index (χ3v) is 6.54. The van der Waals surface area contributed by atoms with E-state index in [0.29, 0.717) is 23.0 Å². The van der Waals surface area contributed by atoms with Crippen molar-refractivity contribution in [2.24, 2.45) is 11.7 Å². The molecule has 1 atom stereocenters. The largest absolute Gasteiger partial charge is 0.450 e. The number of nitrogens with zero attached hydrogens (tertiary/aromatic N) is 2. The molecule has 1 aliphatic rings. The molecule has 1 unspecified atom stereocenters. The molecule has 1 amide bonds. The van der Waals surface area contributed by atoms with Gasteiger partial charge in [0.1, 0.15) is 5.66 Å². The number of nitrogens with one attached hydrogen (secondary N) is 1. The van der Waals surface area contributed by atoms with Crippen molar-refractivity contribution in [3.63, 3.8) is 0 Å². The molecular weight excluding hydrogens is 455 g/mol. The normalized spacial score (nSPS) is 18.5. The van der Waals surface area contributed by atoms with E-state index in [1.807, 2.05) is 30.5 Å². The van der Waals surface area contributed by atoms with Crippen molar-refractivity contribution in [2.45, 2.75) is 44.3 Å². The minimum Gasteiger partial charge on any atom is -0.450 e. The average Bonchev–Trinajstić information content (AvgIpc) is 2.94. The Kier molecular flexibility index (Phi) is 7.62. The summed E-state index contributed by atoms with van der Waals surface area (Å²) < 4.78 is 5.05. The standard InChI is InChI=1S/C22H26Cl2N4O2S/c1-14(2)19-20(31-18-10-16(23)9-17(24)11-18)28(13-15-5-4-7-26-12-15)22(3,27-19)6-8-30-21(25)29/h4-5,7,9-12,14,27H,6,8,13H2,1-3H3,(H2,25,29). The number of ether oxygens (including phenoxy) is 1. The Morgan fingerprint density at radius 1 is 1.32 bits per heavy atom. The summed E-state index contributed by atoms with van der Waals surface area (Å²) in [5.74, 6) is 0.243. The van der Waals surface area contributed by atoms with E-state index in [9.17, 15) is 4.79 Å². The van der Waals surface area contributed by atoms with Crippen molar-refractivity contribution in [2.75, 3.05) is 6.61 Å². The molecule has 2 aromatic rings. The van der Waals surface area contributed by atoms with Crippen LogP contribution in [0, 0.1) is 5.92 Å². The predicted octanol–water partition coefficient (Wildman–Crippen LogP) is 5.61. The Balaban J connectivity index is 1.98. The van der Waals surface area contributed by atoms with E-state index in [0.717, 1.165) is 21.2 Å². The number of rotatable bonds is 8. The second-order valence-electron chi connectivity index (χ2n) is 7.84. The van der Waals surface area contributed by atoms with Crippen molar-refractivity contribution in [3.05, 3.63) is 69.1 Å². The number of carbonyl (C=O) groups excluding carboxylic acids is 1. The highest BCUT2D eigenvalue weighted by molar-refractivity contribution is 8.03. The smallest absolute Gasteiger partial charge is 0.404 e. The molecule has 0 saturated carbocycles. The number of amides is 1. The number of pyridine rings is 1. The first-order valence-corrected chi connectivity index (χ1v) is 11.5. The first-order chi connectivity index (χ1) is 14.7. The number of hydrogen-bond donors (Lipinski definition) is 2. The van der Waals surface area contributed by atoms with Gasteiger partial charge < -0.3 is 20.7 Å². The van der Waals surface area contributed by atoms with Gasteiger partial charge in [-0.25, -0.2) is 4.79 Å². The van der Waals surface area contributed by atoms with Crippen molar-refractivity contribution < 1.29 is 9.53 Å². The Hall–Kier alpha value is -2.09. The quantitative estimate of drug-likeness (QED) is 0.510. The van der Waals surface area contributed by atoms with Crippen molar-refractivity contribution in [3.8, 4) is 0 Å². The van der Waals surface area contributed by atoms with Gasteiger partial charge in [0.05, 0.1) is 11.6 Å². The van der Waals surface area contributed by atoms with E-state index in [1.165, 1.54) is 0 Å². The number of carbonyl (C=O) groups is 1. The maximum atomic E-state index is 11.1. The van der Waals surface area contributed by atoms with Crippen LogP contribution in [0.1, 0.15) is 32.8 Å². The van der Waals surface area contributed by atoms with Crippen LogP contribution in [-0.2, 0) is 11.3 Å². The number of benzene rings is 1. The van der Waals surface area contributed by atoms with Crippen LogP contribution in [0.5, 0.6) is 0 Å². The number of hydrogen-bond acceptors (Lipinski definition) is 6. The van der Waals surface area contributed by atoms with Crippen LogP contribution in [0.2, 0.25) is 10.0 Å². The van der Waals surface area contributed by atoms with Gasteiger partial charge in [0.2, 0.25) is 0 Å². The molecule has 0 aliphatic carbocycles. The molecule has 0 spiro atoms. The molecule has 0 fully saturated rings. The Bertz CT molecular complexity index is 951. The minimum absolute atomic E-state index is 0.203. The SMILES string of the molecule is CC(C)C1=C(Sc2cc(Cl)cc(Cl)c2)N(Cc2cccnc2)C(C)(CCOC(N)=O)N1. The zero-order valence-electron chi connectivity index (χ0n) is 17.7. The molecule has 0 bridgehead atoms. The number of halogens is 2. The van der Waals surface area contributed by atoms with E-state index in [2.05, 4.69) is 36.0 Å². The lowest BCUT2D eigenvalue weighted by Gasteiger charge is -2.38. The van der Waals surface area contributed by atoms with Crippen LogP contribution in [0.15, 0.2) is 58.3 Å². The lowest BCUT2D eigenvalue weighted by molar-refractivity contribution is 0.0923. The number of allylic oxidation sites excluding steroid dienone is 1. The highest BCUT2D eigenvalue weighted by Gasteiger charge is 2.42. The van der Waals surface area contributed by atoms with Gasteiger partial charge in [-0.1, -0.05) is 54.9 Å². The second-order valence-corrected chi connectivity index (χ2v) is 9.78. The van der Waals surface area contributed by atoms with Gasteiger partial charge in [-0.15, -0.1) is 0 Å². The number of primary amides is 1. The fourth-order valence-corrected chi connectivity index (χ4v) is 5.47. The maximum absolute atomic E-state index is 11.1. The third kappa shape index (κ3) is 5.99. The molecule has 31 heavy (non-hydrogen) atoms. The third-order valence-electron chi connectivity index (χ3n) is 5.00. The fraction of sp³-hybridized carbons (Fsp3) is 0.364. The predicted molar refractivity (Wildman–Crippen MR) is 126 cm³/mol. The van der Waals surface area contributed by atoms with Gasteiger partial charge in [0.15, 0.2) is 0 Å². The van der Waals surface area contributed by atoms with E-state index in [1.54, 1.807) is 24.0 Å². The van der Waals surface area contributed by atoms with Crippen molar-refractivity contribution in [1.82, 2.24) is 15.2 Å². The van der Waals surface area contributed by atoms with Gasteiger partial charge in [-0.05, 0) is 42.7 Å². The van der Waals surface area contributed by atoms with Crippen LogP contribution in [-0.4, -0.2) is 28.2 Å². The molecule has 0 saturated heterocycles. The molecule has 3 N–H and O–H groups in total. The molecule has 1 aromatic heterocycles. The van der Waals surface area contributed by atoms with Crippen LogP contribution in [0.3, 0.4) is 0 Å². The van der Waals surface area contributed by atoms with Crippen molar-refractivity contribution >= 4 is 41.1 Å². The summed E-state index contributed by atoms with van der Waals surface area (Å²) in [6.07, 6.45) is 3.38. The summed E-state index contributed by atoms with van der Waals surface area (Å²) in [6, 6.07) is 9.48. The monoisotopic (exact) mass is 480 g/mol. The Labute approximate surface area is 197 Å². The topological polar surface area (TPSA) is 80.5 Å². The Morgan fingerprint density at radius 3 is 2.61 bits per heavy atom. The molecule has 2 heterocycles. The summed E-state index contributed by atoms with van der Waals surface area (Å²) in [5.41, 5.74) is 6.85. The number of nitrogens with two attached hydrogens (primary N) is 1. The lowest BCUT2D eigenvalue weighted by atomic mass is 10.1. The van der Waals surface area contributed by atoms with Crippen LogP contribution < -0.4 is 11.1 Å². The number of aromatic nitrogens is 1. The molecule has 1 aromatic carbocycles. The van der Waals surface area contributed by atoms with Crippen molar-refractivity contribution in [1.29, 1.82) is 0 Å². The summed E-state index contributed by atoms with van der Waals surface area (Å²) in [6.45, 7) is 7.20. The molecule has 6 nitrogen and oxygen atoms in total. The van der Waals surface area contributed by atoms with Gasteiger partial charge in [-0.2, -0.15) is 0 Å². The summed E-state index contributed by atoms with van der Waals surface area (Å²) >= 11 is 14.1. The fourth-order valence-electron chi connectivity index (χ4n) is 3.45. The molecule has 1 aliphatic heterocycles. The van der Waals surface area contributed by atoms with Gasteiger partial charge in [0.25, 0.3) is 0 Å². The van der Waals surface area contributed by atoms with E-state index in [-0.39, 0.29) is 12.5 Å². The van der Waals surface area contributed by atoms with Crippen LogP contribution >= 0.6 is 35.0 Å². The first-order valence-electron chi connectivity index (χ1n) is 9.93. The Morgan fingerprint density at radius 2 is 2.03 bits per heavy atom. The van der Waals surface area contributed by atoms with Gasteiger partial charge in [-0.3, -0.25) is 4.98 Å². The first kappa shape index (κ1) is 23.6. The molecular formula is C22H26Cl2N4O2S. The minimum atomic E-state index is -0.777. The molecule has 166 valence electrons. The molecule has 0 radical (unpaired) electrons. The van der Waals surface area contributed by atoms with Gasteiger partial charge >= 0.3 is 6.09 Å². The highest BCUT2D eigenvalue weighted by Crippen LogP contribution is 2.44. The summed E-state index contributed by atoms with van der Waals surface area (Å²) in [5, 5.41) is 5.92. The van der Waals surface area contributed by atoms with Crippen LogP contribution in [0.25, 0.3) is 0 Å². The van der Waals surface area contributed by atoms with E-state index < -0.39 is 11.8 Å². The molecule has 3 rings (SSSR count). The maximum Gasteiger partial charge on any atom is 0.404 e. The molecule has 9 heteroatoms. The summed E-state index contributed by atoms with van der Waals surface area (Å²) in [7, 11) is 0. The lowest BCUT2D eigenvalue weighted by Crippen LogP contribution is -2.50. The second kappa shape index (κ2) is 10.0. The number of thioether (sulfide) groups is 1. The zero-order chi connectivity index (χ0) is 22.6. The highest BCUT2D eigenvalue weighted by atomic mass is 35.5.